The smallest absolute Gasteiger partial charge is 0.191 e. The third-order valence-electron chi connectivity index (χ3n) is 5.46. The summed E-state index contributed by atoms with van der Waals surface area (Å²) in [6.07, 6.45) is 1.74. The van der Waals surface area contributed by atoms with Gasteiger partial charge in [-0.25, -0.2) is 9.38 Å². The number of hydrogen-bond donors (Lipinski definition) is 2. The fraction of sp³-hybridized carbons (Fsp3) is 0.476. The van der Waals surface area contributed by atoms with Gasteiger partial charge in [-0.15, -0.1) is 0 Å². The maximum atomic E-state index is 13.4. The summed E-state index contributed by atoms with van der Waals surface area (Å²) in [7, 11) is 1.87. The van der Waals surface area contributed by atoms with Crippen molar-refractivity contribution < 1.29 is 9.13 Å². The standard InChI is InChI=1S/C21H27Cl2FN4O/c1-3-25-20(26-13-17-12-18(22)19(23)28(17)2)27-14-21(8-10-29-11-9-21)15-4-6-16(24)7-5-15/h4-7,12H,3,8-11,13-14H2,1-2H3,(H2,25,26,27). The van der Waals surface area contributed by atoms with E-state index in [4.69, 9.17) is 27.9 Å². The summed E-state index contributed by atoms with van der Waals surface area (Å²) < 4.78 is 20.8. The number of guanidine groups is 1. The first-order chi connectivity index (χ1) is 13.9. The van der Waals surface area contributed by atoms with Crippen molar-refractivity contribution in [3.05, 3.63) is 57.6 Å². The molecular formula is C21H27Cl2FN4O. The van der Waals surface area contributed by atoms with Crippen molar-refractivity contribution in [2.75, 3.05) is 26.3 Å². The highest BCUT2D eigenvalue weighted by Crippen LogP contribution is 2.34. The minimum Gasteiger partial charge on any atom is -0.381 e. The van der Waals surface area contributed by atoms with Gasteiger partial charge in [0.15, 0.2) is 5.96 Å². The predicted octanol–water partition coefficient (Wildman–Crippen LogP) is 4.27. The first-order valence-corrected chi connectivity index (χ1v) is 10.6. The molecule has 3 rings (SSSR count). The number of nitrogens with one attached hydrogen (secondary N) is 2. The van der Waals surface area contributed by atoms with E-state index in [1.165, 1.54) is 12.1 Å². The van der Waals surface area contributed by atoms with Gasteiger partial charge in [0.1, 0.15) is 11.0 Å². The van der Waals surface area contributed by atoms with Gasteiger partial charge in [-0.2, -0.15) is 0 Å². The van der Waals surface area contributed by atoms with Crippen molar-refractivity contribution in [1.29, 1.82) is 0 Å². The fourth-order valence-electron chi connectivity index (χ4n) is 3.63. The van der Waals surface area contributed by atoms with Gasteiger partial charge < -0.3 is 19.9 Å². The van der Waals surface area contributed by atoms with Crippen LogP contribution < -0.4 is 10.6 Å². The van der Waals surface area contributed by atoms with Gasteiger partial charge in [0.25, 0.3) is 0 Å². The van der Waals surface area contributed by atoms with Crippen LogP contribution >= 0.6 is 23.2 Å². The van der Waals surface area contributed by atoms with E-state index in [1.54, 1.807) is 0 Å². The Morgan fingerprint density at radius 3 is 2.48 bits per heavy atom. The van der Waals surface area contributed by atoms with Crippen molar-refractivity contribution >= 4 is 29.2 Å². The molecule has 0 amide bonds. The number of hydrogen-bond acceptors (Lipinski definition) is 2. The normalized spacial score (nSPS) is 16.7. The van der Waals surface area contributed by atoms with Gasteiger partial charge in [-0.3, -0.25) is 0 Å². The van der Waals surface area contributed by atoms with Crippen molar-refractivity contribution in [2.24, 2.45) is 12.0 Å². The lowest BCUT2D eigenvalue weighted by Gasteiger charge is -2.38. The number of nitrogens with zero attached hydrogens (tertiary/aromatic N) is 2. The van der Waals surface area contributed by atoms with E-state index in [9.17, 15) is 4.39 Å². The zero-order valence-corrected chi connectivity index (χ0v) is 18.3. The Morgan fingerprint density at radius 1 is 1.21 bits per heavy atom. The molecule has 2 N–H and O–H groups in total. The number of halogens is 3. The summed E-state index contributed by atoms with van der Waals surface area (Å²) in [5.41, 5.74) is 1.92. The van der Waals surface area contributed by atoms with E-state index in [2.05, 4.69) is 15.6 Å². The van der Waals surface area contributed by atoms with Crippen LogP contribution in [0.3, 0.4) is 0 Å². The quantitative estimate of drug-likeness (QED) is 0.520. The average Bonchev–Trinajstić information content (AvgIpc) is 2.98. The number of aliphatic imine (C=N–C) groups is 1. The summed E-state index contributed by atoms with van der Waals surface area (Å²) in [5.74, 6) is 0.493. The Balaban J connectivity index is 1.75. The molecule has 1 fully saturated rings. The summed E-state index contributed by atoms with van der Waals surface area (Å²) in [5, 5.41) is 7.78. The number of rotatable bonds is 6. The van der Waals surface area contributed by atoms with Crippen molar-refractivity contribution in [2.45, 2.75) is 31.7 Å². The Hall–Kier alpha value is -1.76. The topological polar surface area (TPSA) is 50.6 Å². The van der Waals surface area contributed by atoms with Gasteiger partial charge in [0.05, 0.1) is 11.6 Å². The molecule has 1 aliphatic rings. The average molecular weight is 441 g/mol. The van der Waals surface area contributed by atoms with E-state index < -0.39 is 0 Å². The SMILES string of the molecule is CCNC(=NCc1cc(Cl)c(Cl)n1C)NCC1(c2ccc(F)cc2)CCOCC1. The fourth-order valence-corrected chi connectivity index (χ4v) is 4.04. The van der Waals surface area contributed by atoms with Gasteiger partial charge in [-0.1, -0.05) is 35.3 Å². The molecule has 1 saturated heterocycles. The molecule has 1 aromatic carbocycles. The third kappa shape index (κ3) is 5.24. The van der Waals surface area contributed by atoms with Crippen LogP contribution in [0, 0.1) is 5.82 Å². The maximum Gasteiger partial charge on any atom is 0.191 e. The van der Waals surface area contributed by atoms with Crippen LogP contribution in [-0.4, -0.2) is 36.8 Å². The van der Waals surface area contributed by atoms with Crippen LogP contribution in [0.1, 0.15) is 31.0 Å². The Morgan fingerprint density at radius 2 is 1.90 bits per heavy atom. The molecule has 5 nitrogen and oxygen atoms in total. The molecule has 1 aromatic heterocycles. The van der Waals surface area contributed by atoms with Crippen LogP contribution in [0.15, 0.2) is 35.3 Å². The van der Waals surface area contributed by atoms with Gasteiger partial charge in [0.2, 0.25) is 0 Å². The zero-order chi connectivity index (χ0) is 20.9. The van der Waals surface area contributed by atoms with Gasteiger partial charge in [0, 0.05) is 44.5 Å². The molecule has 1 aliphatic heterocycles. The van der Waals surface area contributed by atoms with Crippen LogP contribution in [0.5, 0.6) is 0 Å². The lowest BCUT2D eigenvalue weighted by atomic mass is 9.74. The van der Waals surface area contributed by atoms with E-state index in [0.717, 1.165) is 30.6 Å². The predicted molar refractivity (Wildman–Crippen MR) is 116 cm³/mol. The van der Waals surface area contributed by atoms with E-state index in [0.29, 0.717) is 42.4 Å². The number of aromatic nitrogens is 1. The monoisotopic (exact) mass is 440 g/mol. The second kappa shape index (κ2) is 9.83. The molecule has 0 unspecified atom stereocenters. The highest BCUT2D eigenvalue weighted by molar-refractivity contribution is 6.41. The zero-order valence-electron chi connectivity index (χ0n) is 16.8. The lowest BCUT2D eigenvalue weighted by molar-refractivity contribution is 0.0513. The molecule has 29 heavy (non-hydrogen) atoms. The van der Waals surface area contributed by atoms with Crippen LogP contribution in [0.25, 0.3) is 0 Å². The van der Waals surface area contributed by atoms with E-state index in [1.807, 2.05) is 36.7 Å². The largest absolute Gasteiger partial charge is 0.381 e. The molecule has 0 aliphatic carbocycles. The maximum absolute atomic E-state index is 13.4. The van der Waals surface area contributed by atoms with Crippen molar-refractivity contribution in [3.63, 3.8) is 0 Å². The Bertz CT molecular complexity index is 845. The Kier molecular flexibility index (Phi) is 7.44. The molecule has 2 heterocycles. The first kappa shape index (κ1) is 21.9. The first-order valence-electron chi connectivity index (χ1n) is 9.81. The molecule has 0 atom stereocenters. The van der Waals surface area contributed by atoms with E-state index in [-0.39, 0.29) is 11.2 Å². The third-order valence-corrected chi connectivity index (χ3v) is 6.30. The van der Waals surface area contributed by atoms with Gasteiger partial charge in [-0.05, 0) is 43.5 Å². The summed E-state index contributed by atoms with van der Waals surface area (Å²) in [6, 6.07) is 8.62. The van der Waals surface area contributed by atoms with Crippen molar-refractivity contribution in [1.82, 2.24) is 15.2 Å². The minimum absolute atomic E-state index is 0.125. The molecule has 158 valence electrons. The van der Waals surface area contributed by atoms with E-state index >= 15 is 0 Å². The van der Waals surface area contributed by atoms with Crippen LogP contribution in [-0.2, 0) is 23.7 Å². The lowest BCUT2D eigenvalue weighted by Crippen LogP contribution is -2.48. The second-order valence-electron chi connectivity index (χ2n) is 7.28. The highest BCUT2D eigenvalue weighted by Gasteiger charge is 2.34. The van der Waals surface area contributed by atoms with Crippen molar-refractivity contribution in [3.8, 4) is 0 Å². The Labute approximate surface area is 181 Å². The molecular weight excluding hydrogens is 414 g/mol. The molecule has 0 saturated carbocycles. The highest BCUT2D eigenvalue weighted by atomic mass is 35.5. The summed E-state index contributed by atoms with van der Waals surface area (Å²) >= 11 is 12.2. The minimum atomic E-state index is -0.223. The summed E-state index contributed by atoms with van der Waals surface area (Å²) in [4.78, 5) is 4.69. The number of ether oxygens (including phenoxy) is 1. The molecule has 2 aromatic rings. The van der Waals surface area contributed by atoms with Crippen LogP contribution in [0.4, 0.5) is 4.39 Å². The van der Waals surface area contributed by atoms with Crippen LogP contribution in [0.2, 0.25) is 10.2 Å². The molecule has 8 heteroatoms. The molecule has 0 radical (unpaired) electrons. The molecule has 0 spiro atoms. The number of benzene rings is 1. The summed E-state index contributed by atoms with van der Waals surface area (Å²) in [6.45, 7) is 5.28. The second-order valence-corrected chi connectivity index (χ2v) is 8.05. The van der Waals surface area contributed by atoms with Gasteiger partial charge >= 0.3 is 0 Å². The molecule has 0 bridgehead atoms.